The van der Waals surface area contributed by atoms with Crippen LogP contribution in [0.3, 0.4) is 0 Å². The highest BCUT2D eigenvalue weighted by Crippen LogP contribution is 2.38. The molecular weight excluding hydrogens is 343 g/mol. The SMILES string of the molecule is FC(F)(F)C1CCC(Nc2ccc(Br)c(Cl)c2)CC1. The number of halogens is 5. The van der Waals surface area contributed by atoms with Gasteiger partial charge < -0.3 is 5.32 Å². The summed E-state index contributed by atoms with van der Waals surface area (Å²) < 4.78 is 38.5. The molecule has 0 aromatic heterocycles. The topological polar surface area (TPSA) is 12.0 Å². The van der Waals surface area contributed by atoms with Crippen molar-refractivity contribution in [3.05, 3.63) is 27.7 Å². The molecule has 1 N–H and O–H groups in total. The van der Waals surface area contributed by atoms with Crippen LogP contribution in [0.1, 0.15) is 25.7 Å². The Bertz CT molecular complexity index is 442. The van der Waals surface area contributed by atoms with Crippen LogP contribution in [0, 0.1) is 5.92 Å². The lowest BCUT2D eigenvalue weighted by Crippen LogP contribution is -2.32. The molecule has 1 nitrogen and oxygen atoms in total. The number of anilines is 1. The van der Waals surface area contributed by atoms with Gasteiger partial charge in [0.2, 0.25) is 0 Å². The Labute approximate surface area is 123 Å². The van der Waals surface area contributed by atoms with Crippen LogP contribution in [-0.4, -0.2) is 12.2 Å². The molecular formula is C13H14BrClF3N. The number of hydrogen-bond donors (Lipinski definition) is 1. The average molecular weight is 357 g/mol. The second-order valence-electron chi connectivity index (χ2n) is 4.86. The molecule has 0 aliphatic heterocycles. The van der Waals surface area contributed by atoms with Crippen molar-refractivity contribution in [1.82, 2.24) is 0 Å². The van der Waals surface area contributed by atoms with Gasteiger partial charge in [0.05, 0.1) is 10.9 Å². The van der Waals surface area contributed by atoms with Gasteiger partial charge in [-0.1, -0.05) is 11.6 Å². The average Bonchev–Trinajstić information content (AvgIpc) is 2.33. The summed E-state index contributed by atoms with van der Waals surface area (Å²) in [5, 5.41) is 3.84. The van der Waals surface area contributed by atoms with Crippen LogP contribution < -0.4 is 5.32 Å². The third-order valence-electron chi connectivity index (χ3n) is 3.48. The third kappa shape index (κ3) is 4.02. The van der Waals surface area contributed by atoms with Crippen molar-refractivity contribution < 1.29 is 13.2 Å². The van der Waals surface area contributed by atoms with E-state index in [-0.39, 0.29) is 18.9 Å². The van der Waals surface area contributed by atoms with E-state index in [1.807, 2.05) is 12.1 Å². The first-order valence-corrected chi connectivity index (χ1v) is 7.31. The van der Waals surface area contributed by atoms with Crippen LogP contribution in [0.25, 0.3) is 0 Å². The van der Waals surface area contributed by atoms with Gasteiger partial charge in [-0.3, -0.25) is 0 Å². The van der Waals surface area contributed by atoms with Crippen molar-refractivity contribution in [3.8, 4) is 0 Å². The van der Waals surface area contributed by atoms with Gasteiger partial charge in [-0.15, -0.1) is 0 Å². The van der Waals surface area contributed by atoms with Crippen LogP contribution in [0.5, 0.6) is 0 Å². The van der Waals surface area contributed by atoms with Crippen LogP contribution in [-0.2, 0) is 0 Å². The third-order valence-corrected chi connectivity index (χ3v) is 4.71. The first kappa shape index (κ1) is 15.0. The normalized spacial score (nSPS) is 24.3. The summed E-state index contributed by atoms with van der Waals surface area (Å²) in [6.07, 6.45) is -2.57. The first-order valence-electron chi connectivity index (χ1n) is 6.14. The molecule has 2 rings (SSSR count). The van der Waals surface area contributed by atoms with E-state index in [1.165, 1.54) is 0 Å². The smallest absolute Gasteiger partial charge is 0.382 e. The number of benzene rings is 1. The molecule has 1 saturated carbocycles. The van der Waals surface area contributed by atoms with Gasteiger partial charge >= 0.3 is 6.18 Å². The van der Waals surface area contributed by atoms with Gasteiger partial charge in [-0.25, -0.2) is 0 Å². The molecule has 1 aliphatic carbocycles. The van der Waals surface area contributed by atoms with Crippen molar-refractivity contribution in [2.45, 2.75) is 37.9 Å². The van der Waals surface area contributed by atoms with E-state index in [2.05, 4.69) is 21.2 Å². The van der Waals surface area contributed by atoms with Crippen LogP contribution >= 0.6 is 27.5 Å². The van der Waals surface area contributed by atoms with Crippen molar-refractivity contribution in [1.29, 1.82) is 0 Å². The summed E-state index contributed by atoms with van der Waals surface area (Å²) in [6.45, 7) is 0. The fraction of sp³-hybridized carbons (Fsp3) is 0.538. The summed E-state index contributed by atoms with van der Waals surface area (Å²) in [6, 6.07) is 5.56. The highest BCUT2D eigenvalue weighted by atomic mass is 79.9. The fourth-order valence-corrected chi connectivity index (χ4v) is 2.81. The van der Waals surface area contributed by atoms with Crippen molar-refractivity contribution in [2.75, 3.05) is 5.32 Å². The number of rotatable bonds is 2. The van der Waals surface area contributed by atoms with E-state index in [0.29, 0.717) is 17.9 Å². The Kier molecular flexibility index (Phi) is 4.66. The van der Waals surface area contributed by atoms with Crippen LogP contribution in [0.15, 0.2) is 22.7 Å². The molecule has 6 heteroatoms. The Balaban J connectivity index is 1.90. The molecule has 1 aromatic carbocycles. The maximum absolute atomic E-state index is 12.5. The molecule has 106 valence electrons. The van der Waals surface area contributed by atoms with Gasteiger partial charge in [0.1, 0.15) is 0 Å². The number of alkyl halides is 3. The Morgan fingerprint density at radius 2 is 1.79 bits per heavy atom. The summed E-state index contributed by atoms with van der Waals surface area (Å²) in [7, 11) is 0. The molecule has 0 heterocycles. The number of nitrogens with one attached hydrogen (secondary N) is 1. The van der Waals surface area contributed by atoms with E-state index in [1.54, 1.807) is 6.07 Å². The molecule has 19 heavy (non-hydrogen) atoms. The van der Waals surface area contributed by atoms with Gasteiger partial charge in [-0.05, 0) is 59.8 Å². The molecule has 1 fully saturated rings. The fourth-order valence-electron chi connectivity index (χ4n) is 2.39. The van der Waals surface area contributed by atoms with E-state index in [4.69, 9.17) is 11.6 Å². The van der Waals surface area contributed by atoms with Gasteiger partial charge in [-0.2, -0.15) is 13.2 Å². The molecule has 0 amide bonds. The predicted molar refractivity (Wildman–Crippen MR) is 74.6 cm³/mol. The zero-order chi connectivity index (χ0) is 14.0. The quantitative estimate of drug-likeness (QED) is 0.723. The minimum atomic E-state index is -4.05. The van der Waals surface area contributed by atoms with Gasteiger partial charge in [0.25, 0.3) is 0 Å². The van der Waals surface area contributed by atoms with E-state index < -0.39 is 12.1 Å². The van der Waals surface area contributed by atoms with E-state index in [0.717, 1.165) is 10.2 Å². The van der Waals surface area contributed by atoms with Crippen molar-refractivity contribution in [3.63, 3.8) is 0 Å². The largest absolute Gasteiger partial charge is 0.391 e. The minimum Gasteiger partial charge on any atom is -0.382 e. The Hall–Kier alpha value is -0.420. The maximum Gasteiger partial charge on any atom is 0.391 e. The van der Waals surface area contributed by atoms with E-state index >= 15 is 0 Å². The number of hydrogen-bond acceptors (Lipinski definition) is 1. The van der Waals surface area contributed by atoms with E-state index in [9.17, 15) is 13.2 Å². The van der Waals surface area contributed by atoms with Crippen LogP contribution in [0.4, 0.5) is 18.9 Å². The van der Waals surface area contributed by atoms with Crippen molar-refractivity contribution in [2.24, 2.45) is 5.92 Å². The monoisotopic (exact) mass is 355 g/mol. The Morgan fingerprint density at radius 3 is 2.32 bits per heavy atom. The summed E-state index contributed by atoms with van der Waals surface area (Å²) in [4.78, 5) is 0. The summed E-state index contributed by atoms with van der Waals surface area (Å²) in [5.74, 6) is -1.14. The molecule has 0 saturated heterocycles. The lowest BCUT2D eigenvalue weighted by Gasteiger charge is -2.30. The maximum atomic E-state index is 12.5. The molecule has 0 spiro atoms. The predicted octanol–water partition coefficient (Wildman–Crippen LogP) is 5.64. The zero-order valence-electron chi connectivity index (χ0n) is 10.1. The molecule has 1 aromatic rings. The standard InChI is InChI=1S/C13H14BrClF3N/c14-11-6-5-10(7-12(11)15)19-9-3-1-8(2-4-9)13(16,17)18/h5-9,19H,1-4H2. The molecule has 0 unspecified atom stereocenters. The molecule has 0 radical (unpaired) electrons. The Morgan fingerprint density at radius 1 is 1.16 bits per heavy atom. The molecule has 1 aliphatic rings. The lowest BCUT2D eigenvalue weighted by atomic mass is 9.85. The minimum absolute atomic E-state index is 0.0934. The van der Waals surface area contributed by atoms with Gasteiger partial charge in [0.15, 0.2) is 0 Å². The molecule has 0 bridgehead atoms. The second kappa shape index (κ2) is 5.92. The highest BCUT2D eigenvalue weighted by molar-refractivity contribution is 9.10. The van der Waals surface area contributed by atoms with Crippen molar-refractivity contribution >= 4 is 33.2 Å². The van der Waals surface area contributed by atoms with Crippen LogP contribution in [0.2, 0.25) is 5.02 Å². The first-order chi connectivity index (χ1) is 8.86. The van der Waals surface area contributed by atoms with Gasteiger partial charge in [0, 0.05) is 16.2 Å². The lowest BCUT2D eigenvalue weighted by molar-refractivity contribution is -0.182. The zero-order valence-corrected chi connectivity index (χ0v) is 12.4. The highest BCUT2D eigenvalue weighted by Gasteiger charge is 2.41. The summed E-state index contributed by atoms with van der Waals surface area (Å²) in [5.41, 5.74) is 0.851. The molecule has 0 atom stereocenters. The summed E-state index contributed by atoms with van der Waals surface area (Å²) >= 11 is 9.28. The second-order valence-corrected chi connectivity index (χ2v) is 6.12.